The molecule has 1 aliphatic rings. The molecule has 3 amide bonds. The zero-order chi connectivity index (χ0) is 28.3. The number of fused-ring (bicyclic) bond motifs is 1. The summed E-state index contributed by atoms with van der Waals surface area (Å²) in [5.41, 5.74) is 1.75. The minimum Gasteiger partial charge on any atom is -0.453 e. The Morgan fingerprint density at radius 3 is 2.31 bits per heavy atom. The van der Waals surface area contributed by atoms with Gasteiger partial charge in [-0.2, -0.15) is 0 Å². The van der Waals surface area contributed by atoms with Crippen molar-refractivity contribution >= 4 is 50.0 Å². The van der Waals surface area contributed by atoms with Gasteiger partial charge in [-0.1, -0.05) is 18.2 Å². The molecule has 3 aromatic rings. The third-order valence-electron chi connectivity index (χ3n) is 6.57. The number of imide groups is 1. The van der Waals surface area contributed by atoms with E-state index in [4.69, 9.17) is 0 Å². The standard InChI is InChI=1S/C27H30N4O6S2/c1-17(2)31-15-14-21-22(16-31)38-26(23(21)25(33)29-27(34)37-4)28-24(32)18-10-12-20(13-11-18)39(35,36)30(3)19-8-6-5-7-9-19/h5-13,17H,14-16H2,1-4H3,(H,28,32)(H,29,33,34). The Morgan fingerprint density at radius 1 is 1.03 bits per heavy atom. The van der Waals surface area contributed by atoms with Crippen molar-refractivity contribution < 1.29 is 27.5 Å². The second kappa shape index (κ2) is 11.6. The van der Waals surface area contributed by atoms with Crippen LogP contribution in [0.4, 0.5) is 15.5 Å². The Bertz CT molecular complexity index is 1480. The van der Waals surface area contributed by atoms with Crippen LogP contribution in [0.25, 0.3) is 0 Å². The molecule has 4 rings (SSSR count). The number of alkyl carbamates (subject to hydrolysis) is 1. The van der Waals surface area contributed by atoms with Crippen molar-refractivity contribution in [3.8, 4) is 0 Å². The van der Waals surface area contributed by atoms with Gasteiger partial charge < -0.3 is 10.1 Å². The summed E-state index contributed by atoms with van der Waals surface area (Å²) in [5, 5.41) is 5.30. The molecular formula is C27H30N4O6S2. The van der Waals surface area contributed by atoms with Gasteiger partial charge in [-0.3, -0.25) is 24.1 Å². The molecular weight excluding hydrogens is 540 g/mol. The molecule has 0 saturated carbocycles. The minimum atomic E-state index is -3.84. The fraction of sp³-hybridized carbons (Fsp3) is 0.296. The van der Waals surface area contributed by atoms with Gasteiger partial charge in [0.25, 0.3) is 21.8 Å². The summed E-state index contributed by atoms with van der Waals surface area (Å²) >= 11 is 1.29. The molecule has 1 aromatic heterocycles. The van der Waals surface area contributed by atoms with Gasteiger partial charge in [0.15, 0.2) is 0 Å². The van der Waals surface area contributed by atoms with Gasteiger partial charge in [-0.15, -0.1) is 11.3 Å². The van der Waals surface area contributed by atoms with E-state index in [9.17, 15) is 22.8 Å². The Balaban J connectivity index is 1.59. The number of ether oxygens (including phenoxy) is 1. The molecule has 39 heavy (non-hydrogen) atoms. The lowest BCUT2D eigenvalue weighted by Crippen LogP contribution is -2.36. The van der Waals surface area contributed by atoms with Crippen molar-refractivity contribution in [1.29, 1.82) is 0 Å². The molecule has 0 aliphatic carbocycles. The highest BCUT2D eigenvalue weighted by Gasteiger charge is 2.30. The molecule has 0 radical (unpaired) electrons. The number of nitrogens with one attached hydrogen (secondary N) is 2. The van der Waals surface area contributed by atoms with Gasteiger partial charge in [0.05, 0.1) is 23.3 Å². The number of rotatable bonds is 7. The lowest BCUT2D eigenvalue weighted by Gasteiger charge is -2.30. The van der Waals surface area contributed by atoms with E-state index in [0.717, 1.165) is 24.1 Å². The van der Waals surface area contributed by atoms with Crippen molar-refractivity contribution in [3.63, 3.8) is 0 Å². The largest absolute Gasteiger partial charge is 0.453 e. The number of sulfonamides is 1. The maximum atomic E-state index is 13.2. The predicted molar refractivity (Wildman–Crippen MR) is 150 cm³/mol. The van der Waals surface area contributed by atoms with E-state index in [2.05, 4.69) is 34.1 Å². The summed E-state index contributed by atoms with van der Waals surface area (Å²) in [7, 11) is -1.21. The molecule has 2 N–H and O–H groups in total. The van der Waals surface area contributed by atoms with Gasteiger partial charge in [0.2, 0.25) is 0 Å². The van der Waals surface area contributed by atoms with E-state index in [1.54, 1.807) is 30.3 Å². The number of nitrogens with zero attached hydrogens (tertiary/aromatic N) is 2. The van der Waals surface area contributed by atoms with Crippen molar-refractivity contribution in [2.24, 2.45) is 0 Å². The fourth-order valence-corrected chi connectivity index (χ4v) is 6.75. The normalized spacial score (nSPS) is 13.5. The first kappa shape index (κ1) is 28.3. The maximum absolute atomic E-state index is 13.2. The van der Waals surface area contributed by atoms with Crippen LogP contribution in [0.1, 0.15) is 45.0 Å². The summed E-state index contributed by atoms with van der Waals surface area (Å²) in [6.45, 7) is 5.54. The number of carbonyl (C=O) groups is 3. The number of anilines is 2. The van der Waals surface area contributed by atoms with E-state index in [0.29, 0.717) is 29.7 Å². The van der Waals surface area contributed by atoms with Crippen LogP contribution in [0.3, 0.4) is 0 Å². The lowest BCUT2D eigenvalue weighted by molar-refractivity contribution is 0.0936. The number of hydrogen-bond acceptors (Lipinski definition) is 8. The van der Waals surface area contributed by atoms with Crippen LogP contribution < -0.4 is 14.9 Å². The zero-order valence-electron chi connectivity index (χ0n) is 22.1. The highest BCUT2D eigenvalue weighted by molar-refractivity contribution is 7.92. The number of carbonyl (C=O) groups excluding carboxylic acids is 3. The summed E-state index contributed by atoms with van der Waals surface area (Å²) in [6.07, 6.45) is -0.306. The SMILES string of the molecule is COC(=O)NC(=O)c1c(NC(=O)c2ccc(S(=O)(=O)N(C)c3ccccc3)cc2)sc2c1CCN(C(C)C)C2. The number of methoxy groups -OCH3 is 1. The maximum Gasteiger partial charge on any atom is 0.413 e. The lowest BCUT2D eigenvalue weighted by atomic mass is 10.0. The number of amides is 3. The number of para-hydroxylation sites is 1. The van der Waals surface area contributed by atoms with Crippen LogP contribution >= 0.6 is 11.3 Å². The molecule has 10 nitrogen and oxygen atoms in total. The topological polar surface area (TPSA) is 125 Å². The van der Waals surface area contributed by atoms with Crippen LogP contribution in [0, 0.1) is 0 Å². The highest BCUT2D eigenvalue weighted by atomic mass is 32.2. The van der Waals surface area contributed by atoms with Crippen LogP contribution in [-0.4, -0.2) is 58.0 Å². The van der Waals surface area contributed by atoms with Gasteiger partial charge in [-0.25, -0.2) is 13.2 Å². The van der Waals surface area contributed by atoms with E-state index in [1.165, 1.54) is 47.0 Å². The van der Waals surface area contributed by atoms with Crippen molar-refractivity contribution in [1.82, 2.24) is 10.2 Å². The quantitative estimate of drug-likeness (QED) is 0.438. The first-order valence-electron chi connectivity index (χ1n) is 12.3. The minimum absolute atomic E-state index is 0.0314. The third kappa shape index (κ3) is 5.97. The number of hydrogen-bond donors (Lipinski definition) is 2. The van der Waals surface area contributed by atoms with Crippen molar-refractivity contribution in [2.45, 2.75) is 37.8 Å². The monoisotopic (exact) mass is 570 g/mol. The summed E-state index contributed by atoms with van der Waals surface area (Å²) in [4.78, 5) is 41.1. The molecule has 206 valence electrons. The Hall–Kier alpha value is -3.74. The highest BCUT2D eigenvalue weighted by Crippen LogP contribution is 2.38. The molecule has 0 spiro atoms. The Kier molecular flexibility index (Phi) is 8.38. The smallest absolute Gasteiger partial charge is 0.413 e. The molecule has 0 bridgehead atoms. The van der Waals surface area contributed by atoms with E-state index < -0.39 is 27.9 Å². The Labute approximate surface area is 231 Å². The zero-order valence-corrected chi connectivity index (χ0v) is 23.7. The van der Waals surface area contributed by atoms with Crippen LogP contribution in [0.5, 0.6) is 0 Å². The second-order valence-corrected chi connectivity index (χ2v) is 12.3. The molecule has 0 saturated heterocycles. The molecule has 12 heteroatoms. The number of benzene rings is 2. The molecule has 1 aliphatic heterocycles. The second-order valence-electron chi connectivity index (χ2n) is 9.25. The van der Waals surface area contributed by atoms with E-state index in [-0.39, 0.29) is 16.0 Å². The molecule has 0 fully saturated rings. The van der Waals surface area contributed by atoms with Crippen molar-refractivity contribution in [2.75, 3.05) is 30.3 Å². The van der Waals surface area contributed by atoms with Crippen LogP contribution in [0.15, 0.2) is 59.5 Å². The van der Waals surface area contributed by atoms with Crippen LogP contribution in [-0.2, 0) is 27.7 Å². The summed E-state index contributed by atoms with van der Waals surface area (Å²) in [6, 6.07) is 14.6. The summed E-state index contributed by atoms with van der Waals surface area (Å²) < 4.78 is 31.9. The summed E-state index contributed by atoms with van der Waals surface area (Å²) in [5.74, 6) is -1.17. The average molecular weight is 571 g/mol. The molecule has 0 unspecified atom stereocenters. The van der Waals surface area contributed by atoms with Gasteiger partial charge >= 0.3 is 6.09 Å². The molecule has 0 atom stereocenters. The predicted octanol–water partition coefficient (Wildman–Crippen LogP) is 4.09. The molecule has 2 heterocycles. The average Bonchev–Trinajstić information content (AvgIpc) is 3.30. The van der Waals surface area contributed by atoms with Gasteiger partial charge in [0.1, 0.15) is 5.00 Å². The van der Waals surface area contributed by atoms with Crippen LogP contribution in [0.2, 0.25) is 0 Å². The Morgan fingerprint density at radius 2 is 1.69 bits per heavy atom. The van der Waals surface area contributed by atoms with E-state index in [1.807, 2.05) is 0 Å². The van der Waals surface area contributed by atoms with Gasteiger partial charge in [-0.05, 0) is 62.2 Å². The van der Waals surface area contributed by atoms with Gasteiger partial charge in [0, 0.05) is 36.6 Å². The first-order chi connectivity index (χ1) is 18.5. The van der Waals surface area contributed by atoms with Crippen molar-refractivity contribution in [3.05, 3.63) is 76.2 Å². The third-order valence-corrected chi connectivity index (χ3v) is 9.50. The van der Waals surface area contributed by atoms with E-state index >= 15 is 0 Å². The fourth-order valence-electron chi connectivity index (χ4n) is 4.29. The number of thiophene rings is 1. The first-order valence-corrected chi connectivity index (χ1v) is 14.5. The molecule has 2 aromatic carbocycles.